The lowest BCUT2D eigenvalue weighted by Gasteiger charge is -2.16. The van der Waals surface area contributed by atoms with Crippen molar-refractivity contribution in [3.8, 4) is 0 Å². The fourth-order valence-corrected chi connectivity index (χ4v) is 4.82. The molecule has 0 amide bonds. The maximum Gasteiger partial charge on any atom is 0.336 e. The summed E-state index contributed by atoms with van der Waals surface area (Å²) < 4.78 is 5.51. The number of fused-ring (bicyclic) bond motifs is 1. The molecule has 2 aromatic heterocycles. The first-order chi connectivity index (χ1) is 14.0. The molecular formula is C25H26NO2S+. The topological polar surface area (TPSA) is 46.8 Å². The molecule has 0 radical (unpaired) electrons. The van der Waals surface area contributed by atoms with E-state index in [-0.39, 0.29) is 11.7 Å². The molecule has 3 nitrogen and oxygen atoms in total. The average Bonchev–Trinajstić information content (AvgIpc) is 3.22. The summed E-state index contributed by atoms with van der Waals surface area (Å²) in [6, 6.07) is 20.8. The molecule has 0 aliphatic heterocycles. The Hall–Kier alpha value is -2.69. The maximum atomic E-state index is 12.2. The number of nitrogens with two attached hydrogens (primary N) is 1. The van der Waals surface area contributed by atoms with Gasteiger partial charge >= 0.3 is 5.63 Å². The number of aryl methyl sites for hydroxylation is 1. The lowest BCUT2D eigenvalue weighted by atomic mass is 9.94. The Kier molecular flexibility index (Phi) is 5.65. The number of hydrogen-bond donors (Lipinski definition) is 1. The molecule has 0 bridgehead atoms. The Balaban J connectivity index is 1.73. The molecular weight excluding hydrogens is 378 g/mol. The molecule has 148 valence electrons. The van der Waals surface area contributed by atoms with Gasteiger partial charge < -0.3 is 9.73 Å². The van der Waals surface area contributed by atoms with E-state index >= 15 is 0 Å². The molecule has 2 aromatic carbocycles. The van der Waals surface area contributed by atoms with Gasteiger partial charge in [-0.2, -0.15) is 0 Å². The Labute approximate surface area is 175 Å². The normalized spacial score (nSPS) is 12.6. The summed E-state index contributed by atoms with van der Waals surface area (Å²) in [5.74, 6) is 0.423. The van der Waals surface area contributed by atoms with Crippen molar-refractivity contribution in [1.82, 2.24) is 0 Å². The molecule has 2 heterocycles. The largest absolute Gasteiger partial charge is 0.423 e. The molecule has 0 saturated carbocycles. The SMILES string of the molecule is Cc1cc2oc(=O)cc(C[NH2+][C@@H](c3ccccc3)c3cccs3)c2cc1C(C)C. The van der Waals surface area contributed by atoms with Gasteiger partial charge in [-0.05, 0) is 47.5 Å². The van der Waals surface area contributed by atoms with Crippen LogP contribution in [-0.2, 0) is 6.54 Å². The highest BCUT2D eigenvalue weighted by Gasteiger charge is 2.20. The first-order valence-corrected chi connectivity index (χ1v) is 10.9. The third kappa shape index (κ3) is 4.19. The minimum atomic E-state index is -0.287. The molecule has 0 aliphatic rings. The monoisotopic (exact) mass is 404 g/mol. The summed E-state index contributed by atoms with van der Waals surface area (Å²) in [5, 5.41) is 5.46. The van der Waals surface area contributed by atoms with Crippen molar-refractivity contribution in [3.05, 3.63) is 104 Å². The van der Waals surface area contributed by atoms with E-state index in [1.807, 2.05) is 12.1 Å². The summed E-state index contributed by atoms with van der Waals surface area (Å²) in [5.41, 5.74) is 5.14. The van der Waals surface area contributed by atoms with Gasteiger partial charge in [-0.15, -0.1) is 11.3 Å². The maximum absolute atomic E-state index is 12.2. The second kappa shape index (κ2) is 8.36. The molecule has 4 rings (SSSR count). The van der Waals surface area contributed by atoms with Gasteiger partial charge in [0.2, 0.25) is 0 Å². The van der Waals surface area contributed by atoms with E-state index in [1.54, 1.807) is 17.4 Å². The molecule has 4 heteroatoms. The van der Waals surface area contributed by atoms with Crippen molar-refractivity contribution in [3.63, 3.8) is 0 Å². The molecule has 29 heavy (non-hydrogen) atoms. The Morgan fingerprint density at radius 2 is 1.83 bits per heavy atom. The minimum Gasteiger partial charge on any atom is -0.423 e. The highest BCUT2D eigenvalue weighted by molar-refractivity contribution is 7.10. The van der Waals surface area contributed by atoms with Crippen LogP contribution in [0.4, 0.5) is 0 Å². The zero-order chi connectivity index (χ0) is 20.4. The van der Waals surface area contributed by atoms with Gasteiger partial charge in [0.05, 0.1) is 4.88 Å². The minimum absolute atomic E-state index is 0.202. The van der Waals surface area contributed by atoms with E-state index < -0.39 is 0 Å². The Bertz CT molecular complexity index is 1160. The van der Waals surface area contributed by atoms with E-state index in [1.165, 1.54) is 16.0 Å². The van der Waals surface area contributed by atoms with Crippen LogP contribution in [0.25, 0.3) is 11.0 Å². The highest BCUT2D eigenvalue weighted by atomic mass is 32.1. The number of benzene rings is 2. The summed E-state index contributed by atoms with van der Waals surface area (Å²) in [6.45, 7) is 7.18. The third-order valence-corrected chi connectivity index (χ3v) is 6.38. The van der Waals surface area contributed by atoms with Gasteiger partial charge in [-0.1, -0.05) is 50.2 Å². The average molecular weight is 405 g/mol. The van der Waals surface area contributed by atoms with Crippen molar-refractivity contribution < 1.29 is 9.73 Å². The Morgan fingerprint density at radius 1 is 1.03 bits per heavy atom. The fraction of sp³-hybridized carbons (Fsp3) is 0.240. The van der Waals surface area contributed by atoms with Gasteiger partial charge in [0.25, 0.3) is 0 Å². The lowest BCUT2D eigenvalue weighted by Crippen LogP contribution is -2.83. The second-order valence-corrected chi connectivity index (χ2v) is 8.77. The smallest absolute Gasteiger partial charge is 0.336 e. The first-order valence-electron chi connectivity index (χ1n) is 10.0. The fourth-order valence-electron chi connectivity index (χ4n) is 3.97. The summed E-state index contributed by atoms with van der Waals surface area (Å²) in [7, 11) is 0. The summed E-state index contributed by atoms with van der Waals surface area (Å²) in [6.07, 6.45) is 0. The van der Waals surface area contributed by atoms with Crippen LogP contribution in [0, 0.1) is 6.92 Å². The van der Waals surface area contributed by atoms with Crippen LogP contribution in [0.5, 0.6) is 0 Å². The van der Waals surface area contributed by atoms with E-state index in [2.05, 4.69) is 73.9 Å². The van der Waals surface area contributed by atoms with Crippen LogP contribution < -0.4 is 10.9 Å². The first kappa shape index (κ1) is 19.6. The third-order valence-electron chi connectivity index (χ3n) is 5.42. The molecule has 2 N–H and O–H groups in total. The predicted molar refractivity (Wildman–Crippen MR) is 120 cm³/mol. The van der Waals surface area contributed by atoms with Crippen molar-refractivity contribution in [2.45, 2.75) is 39.3 Å². The van der Waals surface area contributed by atoms with Gasteiger partial charge in [0, 0.05) is 22.6 Å². The van der Waals surface area contributed by atoms with E-state index in [0.717, 1.165) is 16.5 Å². The van der Waals surface area contributed by atoms with Gasteiger partial charge in [-0.3, -0.25) is 0 Å². The van der Waals surface area contributed by atoms with Crippen molar-refractivity contribution in [2.75, 3.05) is 0 Å². The molecule has 0 fully saturated rings. The van der Waals surface area contributed by atoms with Crippen LogP contribution in [0.2, 0.25) is 0 Å². The van der Waals surface area contributed by atoms with Gasteiger partial charge in [-0.25, -0.2) is 4.79 Å². The summed E-state index contributed by atoms with van der Waals surface area (Å²) >= 11 is 1.76. The van der Waals surface area contributed by atoms with Crippen LogP contribution in [0.15, 0.2) is 75.3 Å². The molecule has 0 unspecified atom stereocenters. The molecule has 4 aromatic rings. The predicted octanol–water partition coefficient (Wildman–Crippen LogP) is 5.14. The van der Waals surface area contributed by atoms with Crippen LogP contribution in [-0.4, -0.2) is 0 Å². The van der Waals surface area contributed by atoms with Crippen molar-refractivity contribution in [1.29, 1.82) is 0 Å². The van der Waals surface area contributed by atoms with Crippen molar-refractivity contribution >= 4 is 22.3 Å². The Morgan fingerprint density at radius 3 is 2.52 bits per heavy atom. The van der Waals surface area contributed by atoms with E-state index in [4.69, 9.17) is 4.42 Å². The number of quaternary nitrogens is 1. The number of hydrogen-bond acceptors (Lipinski definition) is 3. The van der Waals surface area contributed by atoms with Crippen LogP contribution in [0.1, 0.15) is 52.9 Å². The van der Waals surface area contributed by atoms with E-state index in [0.29, 0.717) is 18.0 Å². The molecule has 0 saturated heterocycles. The van der Waals surface area contributed by atoms with Crippen LogP contribution >= 0.6 is 11.3 Å². The quantitative estimate of drug-likeness (QED) is 0.452. The van der Waals surface area contributed by atoms with Crippen molar-refractivity contribution in [2.24, 2.45) is 0 Å². The molecule has 1 atom stereocenters. The van der Waals surface area contributed by atoms with Crippen LogP contribution in [0.3, 0.4) is 0 Å². The lowest BCUT2D eigenvalue weighted by molar-refractivity contribution is -0.701. The standard InChI is InChI=1S/C25H25NO2S/c1-16(2)20-14-21-19(13-24(27)28-22(21)12-17(20)3)15-26-25(23-10-7-11-29-23)18-8-5-4-6-9-18/h4-14,16,25-26H,15H2,1-3H3/p+1/t25-/m0/s1. The molecule has 0 spiro atoms. The second-order valence-electron chi connectivity index (χ2n) is 7.79. The number of thiophene rings is 1. The molecule has 0 aliphatic carbocycles. The summed E-state index contributed by atoms with van der Waals surface area (Å²) in [4.78, 5) is 13.5. The zero-order valence-corrected chi connectivity index (χ0v) is 17.8. The zero-order valence-electron chi connectivity index (χ0n) is 17.0. The van der Waals surface area contributed by atoms with Gasteiger partial charge in [0.1, 0.15) is 18.2 Å². The van der Waals surface area contributed by atoms with E-state index in [9.17, 15) is 4.79 Å². The van der Waals surface area contributed by atoms with Gasteiger partial charge in [0.15, 0.2) is 0 Å². The number of rotatable bonds is 6. The highest BCUT2D eigenvalue weighted by Crippen LogP contribution is 2.27.